The molecular formula is C11H8ClFN4O3S2. The Morgan fingerprint density at radius 1 is 1.27 bits per heavy atom. The van der Waals surface area contributed by atoms with E-state index in [0.717, 1.165) is 23.5 Å². The molecule has 0 saturated heterocycles. The molecule has 11 heteroatoms. The van der Waals surface area contributed by atoms with Crippen LogP contribution in [0.4, 0.5) is 4.39 Å². The van der Waals surface area contributed by atoms with Gasteiger partial charge in [-0.05, 0) is 13.0 Å². The first kappa shape index (κ1) is 15.1. The zero-order chi connectivity index (χ0) is 16.2. The van der Waals surface area contributed by atoms with Crippen molar-refractivity contribution in [2.75, 3.05) is 0 Å². The molecule has 3 rings (SSSR count). The summed E-state index contributed by atoms with van der Waals surface area (Å²) < 4.78 is 39.2. The summed E-state index contributed by atoms with van der Waals surface area (Å²) in [6.45, 7) is 1.71. The predicted octanol–water partition coefficient (Wildman–Crippen LogP) is 1.56. The maximum atomic E-state index is 13.9. The summed E-state index contributed by atoms with van der Waals surface area (Å²) in [5.74, 6) is -1.02. The van der Waals surface area contributed by atoms with Gasteiger partial charge in [0.15, 0.2) is 0 Å². The Morgan fingerprint density at radius 2 is 1.95 bits per heavy atom. The average molecular weight is 363 g/mol. The van der Waals surface area contributed by atoms with Gasteiger partial charge >= 0.3 is 5.69 Å². The van der Waals surface area contributed by atoms with Crippen molar-refractivity contribution in [1.82, 2.24) is 19.3 Å². The molecule has 0 aliphatic heterocycles. The molecule has 0 bridgehead atoms. The van der Waals surface area contributed by atoms with E-state index in [9.17, 15) is 17.6 Å². The summed E-state index contributed by atoms with van der Waals surface area (Å²) in [6.07, 6.45) is 0. The number of nitrogens with zero attached hydrogens (tertiary/aromatic N) is 4. The number of rotatable bonds is 2. The van der Waals surface area contributed by atoms with Crippen LogP contribution in [-0.4, -0.2) is 27.7 Å². The van der Waals surface area contributed by atoms with Gasteiger partial charge in [0, 0.05) is 23.8 Å². The lowest BCUT2D eigenvalue weighted by Gasteiger charge is -2.02. The maximum Gasteiger partial charge on any atom is 0.335 e. The second-order valence-electron chi connectivity index (χ2n) is 4.49. The molecule has 0 amide bonds. The number of benzene rings is 1. The number of halogens is 2. The van der Waals surface area contributed by atoms with Gasteiger partial charge in [0.05, 0.1) is 11.0 Å². The van der Waals surface area contributed by atoms with Gasteiger partial charge in [0.1, 0.15) is 15.7 Å². The molecule has 0 saturated carbocycles. The van der Waals surface area contributed by atoms with Crippen LogP contribution in [0.3, 0.4) is 0 Å². The quantitative estimate of drug-likeness (QED) is 0.645. The molecule has 7 nitrogen and oxygen atoms in total. The summed E-state index contributed by atoms with van der Waals surface area (Å²) in [4.78, 5) is 11.6. The highest BCUT2D eigenvalue weighted by Crippen LogP contribution is 2.26. The van der Waals surface area contributed by atoms with Crippen molar-refractivity contribution in [2.24, 2.45) is 7.05 Å². The molecule has 0 atom stereocenters. The Kier molecular flexibility index (Phi) is 3.34. The van der Waals surface area contributed by atoms with Gasteiger partial charge in [-0.1, -0.05) is 11.3 Å². The fourth-order valence-corrected chi connectivity index (χ4v) is 3.68. The molecule has 0 N–H and O–H groups in total. The minimum absolute atomic E-state index is 0.185. The SMILES string of the molecule is Cc1nnc(-n2c(=O)n(C)c3cc(F)c(S(=O)(=O)Cl)cc32)s1. The van der Waals surface area contributed by atoms with Crippen molar-refractivity contribution in [3.8, 4) is 5.13 Å². The molecule has 0 unspecified atom stereocenters. The van der Waals surface area contributed by atoms with E-state index in [0.29, 0.717) is 5.01 Å². The Balaban J connectivity index is 2.48. The van der Waals surface area contributed by atoms with E-state index in [1.165, 1.54) is 16.2 Å². The Morgan fingerprint density at radius 3 is 2.50 bits per heavy atom. The predicted molar refractivity (Wildman–Crippen MR) is 79.7 cm³/mol. The number of aromatic nitrogens is 4. The third-order valence-corrected chi connectivity index (χ3v) is 5.24. The Bertz CT molecular complexity index is 1070. The van der Waals surface area contributed by atoms with Gasteiger partial charge in [0.25, 0.3) is 9.05 Å². The van der Waals surface area contributed by atoms with E-state index in [2.05, 4.69) is 10.2 Å². The maximum absolute atomic E-state index is 13.9. The third kappa shape index (κ3) is 2.23. The van der Waals surface area contributed by atoms with Crippen molar-refractivity contribution in [2.45, 2.75) is 11.8 Å². The second-order valence-corrected chi connectivity index (χ2v) is 8.18. The molecule has 0 fully saturated rings. The van der Waals surface area contributed by atoms with Crippen molar-refractivity contribution < 1.29 is 12.8 Å². The number of fused-ring (bicyclic) bond motifs is 1. The highest BCUT2D eigenvalue weighted by molar-refractivity contribution is 8.13. The van der Waals surface area contributed by atoms with E-state index in [1.807, 2.05) is 0 Å². The van der Waals surface area contributed by atoms with E-state index in [1.54, 1.807) is 6.92 Å². The molecule has 0 radical (unpaired) electrons. The average Bonchev–Trinajstić information content (AvgIpc) is 2.92. The molecule has 0 aliphatic rings. The lowest BCUT2D eigenvalue weighted by atomic mass is 10.3. The normalized spacial score (nSPS) is 12.2. The Labute approximate surface area is 132 Å². The van der Waals surface area contributed by atoms with Crippen molar-refractivity contribution in [1.29, 1.82) is 0 Å². The number of aryl methyl sites for hydroxylation is 2. The van der Waals surface area contributed by atoms with Crippen LogP contribution < -0.4 is 5.69 Å². The third-order valence-electron chi connectivity index (χ3n) is 3.08. The molecule has 2 aromatic heterocycles. The molecule has 116 valence electrons. The number of imidazole rings is 1. The van der Waals surface area contributed by atoms with Crippen LogP contribution in [0.2, 0.25) is 0 Å². The van der Waals surface area contributed by atoms with Crippen LogP contribution in [-0.2, 0) is 16.1 Å². The Hall–Kier alpha value is -1.78. The van der Waals surface area contributed by atoms with Gasteiger partial charge in [-0.3, -0.25) is 4.57 Å². The molecule has 0 spiro atoms. The van der Waals surface area contributed by atoms with Gasteiger partial charge < -0.3 is 0 Å². The lowest BCUT2D eigenvalue weighted by Crippen LogP contribution is -2.20. The van der Waals surface area contributed by atoms with Crippen LogP contribution in [0.5, 0.6) is 0 Å². The van der Waals surface area contributed by atoms with Gasteiger partial charge in [0.2, 0.25) is 5.13 Å². The van der Waals surface area contributed by atoms with Gasteiger partial charge in [-0.2, -0.15) is 0 Å². The largest absolute Gasteiger partial charge is 0.335 e. The molecular weight excluding hydrogens is 355 g/mol. The van der Waals surface area contributed by atoms with Gasteiger partial charge in [-0.15, -0.1) is 10.2 Å². The lowest BCUT2D eigenvalue weighted by molar-refractivity contribution is 0.576. The molecule has 0 aliphatic carbocycles. The highest BCUT2D eigenvalue weighted by Gasteiger charge is 2.22. The summed E-state index contributed by atoms with van der Waals surface area (Å²) in [5.41, 5.74) is -0.0848. The number of hydrogen-bond acceptors (Lipinski definition) is 6. The minimum Gasteiger partial charge on any atom is -0.295 e. The van der Waals surface area contributed by atoms with Crippen LogP contribution in [0.1, 0.15) is 5.01 Å². The minimum atomic E-state index is -4.28. The van der Waals surface area contributed by atoms with Crippen molar-refractivity contribution in [3.05, 3.63) is 33.4 Å². The van der Waals surface area contributed by atoms with E-state index in [-0.39, 0.29) is 16.2 Å². The van der Waals surface area contributed by atoms with E-state index >= 15 is 0 Å². The summed E-state index contributed by atoms with van der Waals surface area (Å²) in [6, 6.07) is 1.97. The zero-order valence-corrected chi connectivity index (χ0v) is 13.6. The monoisotopic (exact) mass is 362 g/mol. The van der Waals surface area contributed by atoms with E-state index in [4.69, 9.17) is 10.7 Å². The van der Waals surface area contributed by atoms with Crippen LogP contribution in [0.25, 0.3) is 16.2 Å². The van der Waals surface area contributed by atoms with E-state index < -0.39 is 25.5 Å². The standard InChI is InChI=1S/C11H8ClFN4O3S2/c1-5-14-15-10(21-5)17-8-4-9(22(12,19)20)6(13)3-7(8)16(2)11(17)18/h3-4H,1-2H3. The first-order valence-corrected chi connectivity index (χ1v) is 8.99. The first-order valence-electron chi connectivity index (χ1n) is 5.86. The van der Waals surface area contributed by atoms with Crippen molar-refractivity contribution in [3.63, 3.8) is 0 Å². The first-order chi connectivity index (χ1) is 10.2. The van der Waals surface area contributed by atoms with Crippen LogP contribution in [0, 0.1) is 12.7 Å². The molecule has 22 heavy (non-hydrogen) atoms. The summed E-state index contributed by atoms with van der Waals surface area (Å²) in [7, 11) is 2.39. The fraction of sp³-hybridized carbons (Fsp3) is 0.182. The summed E-state index contributed by atoms with van der Waals surface area (Å²) in [5, 5.41) is 8.58. The van der Waals surface area contributed by atoms with Crippen LogP contribution >= 0.6 is 22.0 Å². The molecule has 1 aromatic carbocycles. The summed E-state index contributed by atoms with van der Waals surface area (Å²) >= 11 is 1.15. The zero-order valence-electron chi connectivity index (χ0n) is 11.2. The second kappa shape index (κ2) is 4.86. The molecule has 3 aromatic rings. The van der Waals surface area contributed by atoms with Crippen molar-refractivity contribution >= 4 is 42.1 Å². The van der Waals surface area contributed by atoms with Gasteiger partial charge in [-0.25, -0.2) is 22.2 Å². The molecule has 2 heterocycles. The van der Waals surface area contributed by atoms with Crippen LogP contribution in [0.15, 0.2) is 21.8 Å². The number of hydrogen-bond donors (Lipinski definition) is 0. The smallest absolute Gasteiger partial charge is 0.295 e. The highest BCUT2D eigenvalue weighted by atomic mass is 35.7. The topological polar surface area (TPSA) is 86.8 Å². The fourth-order valence-electron chi connectivity index (χ4n) is 2.08.